The molecule has 5 rings (SSSR count). The number of methoxy groups -OCH3 is 1. The number of ether oxygens (including phenoxy) is 2. The van der Waals surface area contributed by atoms with Crippen LogP contribution in [0.15, 0.2) is 52.9 Å². The van der Waals surface area contributed by atoms with E-state index in [9.17, 15) is 4.79 Å². The summed E-state index contributed by atoms with van der Waals surface area (Å²) in [5.41, 5.74) is 10.5. The van der Waals surface area contributed by atoms with Gasteiger partial charge in [0.15, 0.2) is 0 Å². The number of rotatable bonds is 1. The van der Waals surface area contributed by atoms with E-state index in [1.807, 2.05) is 31.4 Å². The van der Waals surface area contributed by atoms with Crippen LogP contribution in [0.3, 0.4) is 0 Å². The average molecular weight is 581 g/mol. The summed E-state index contributed by atoms with van der Waals surface area (Å²) >= 11 is 6.38. The van der Waals surface area contributed by atoms with Gasteiger partial charge in [0.25, 0.3) is 5.91 Å². The van der Waals surface area contributed by atoms with Gasteiger partial charge in [-0.1, -0.05) is 52.5 Å². The molecule has 1 aliphatic carbocycles. The predicted octanol–water partition coefficient (Wildman–Crippen LogP) is 7.27. The van der Waals surface area contributed by atoms with E-state index in [0.29, 0.717) is 35.7 Å². The predicted molar refractivity (Wildman–Crippen MR) is 166 cm³/mol. The minimum absolute atomic E-state index is 0.0959. The van der Waals surface area contributed by atoms with Gasteiger partial charge in [0.2, 0.25) is 0 Å². The molecular formula is C33H41ClN2O3S. The molecule has 0 unspecified atom stereocenters. The standard InChI is InChI=1S/C33H41ClN2O3S/c1-23-7-6-9-31(38-2)29-14-11-27(29)21-36-17-16-24-10-13-28(34)19-25(24)8-4-5-18-39-32-15-12-26(20-30(32)36)33(37)35-40(3)22-23/h3,6,9-10,12-13,15,19-20,23,27,29,31H,4-5,7-8,11,14,16-18,21-22H2,1-2H3/b9-6+/t23-,27-,29+,31-/m0/s1. The Balaban J connectivity index is 1.55. The Morgan fingerprint density at radius 3 is 2.80 bits per heavy atom. The number of aryl methyl sites for hydroxylation is 1. The summed E-state index contributed by atoms with van der Waals surface area (Å²) in [6.07, 6.45) is 11.6. The molecule has 0 radical (unpaired) electrons. The minimum atomic E-state index is -0.834. The molecule has 214 valence electrons. The smallest absolute Gasteiger partial charge is 0.287 e. The summed E-state index contributed by atoms with van der Waals surface area (Å²) < 4.78 is 16.7. The second-order valence-corrected chi connectivity index (χ2v) is 13.3. The third-order valence-electron chi connectivity index (χ3n) is 8.61. The largest absolute Gasteiger partial charge is 0.491 e. The van der Waals surface area contributed by atoms with Crippen molar-refractivity contribution >= 4 is 33.3 Å². The molecule has 0 N–H and O–H groups in total. The van der Waals surface area contributed by atoms with E-state index in [2.05, 4.69) is 40.5 Å². The van der Waals surface area contributed by atoms with Gasteiger partial charge in [0.05, 0.1) is 18.4 Å². The number of nitrogens with zero attached hydrogens (tertiary/aromatic N) is 2. The summed E-state index contributed by atoms with van der Waals surface area (Å²) in [6, 6.07) is 12.1. The molecule has 0 aromatic heterocycles. The molecule has 40 heavy (non-hydrogen) atoms. The summed E-state index contributed by atoms with van der Waals surface area (Å²) in [7, 11) is 0.987. The molecule has 4 atom stereocenters. The van der Waals surface area contributed by atoms with Crippen molar-refractivity contribution in [1.82, 2.24) is 0 Å². The lowest BCUT2D eigenvalue weighted by Gasteiger charge is -2.43. The summed E-state index contributed by atoms with van der Waals surface area (Å²) in [5.74, 6) is 2.55. The second kappa shape index (κ2) is 13.4. The second-order valence-electron chi connectivity index (χ2n) is 11.5. The maximum absolute atomic E-state index is 13.3. The highest BCUT2D eigenvalue weighted by molar-refractivity contribution is 7.76. The van der Waals surface area contributed by atoms with Crippen LogP contribution in [0.5, 0.6) is 5.75 Å². The molecule has 2 bridgehead atoms. The van der Waals surface area contributed by atoms with Crippen LogP contribution in [0.2, 0.25) is 5.02 Å². The fourth-order valence-electron chi connectivity index (χ4n) is 6.19. The van der Waals surface area contributed by atoms with Gasteiger partial charge < -0.3 is 14.4 Å². The van der Waals surface area contributed by atoms with Crippen molar-refractivity contribution in [2.24, 2.45) is 22.1 Å². The summed E-state index contributed by atoms with van der Waals surface area (Å²) in [5, 5.41) is 0.786. The van der Waals surface area contributed by atoms with Crippen molar-refractivity contribution in [2.75, 3.05) is 37.5 Å². The van der Waals surface area contributed by atoms with Gasteiger partial charge in [-0.25, -0.2) is 0 Å². The first-order valence-electron chi connectivity index (χ1n) is 14.6. The number of anilines is 1. The molecule has 1 fully saturated rings. The van der Waals surface area contributed by atoms with E-state index < -0.39 is 10.1 Å². The Morgan fingerprint density at radius 2 is 2.00 bits per heavy atom. The van der Waals surface area contributed by atoms with Crippen LogP contribution in [0.1, 0.15) is 60.5 Å². The number of hydrogen-bond donors (Lipinski definition) is 0. The minimum Gasteiger partial charge on any atom is -0.491 e. The Kier molecular flexibility index (Phi) is 9.75. The van der Waals surface area contributed by atoms with Gasteiger partial charge in [0.1, 0.15) is 5.75 Å². The molecule has 2 aliphatic heterocycles. The molecule has 2 aromatic carbocycles. The Bertz CT molecular complexity index is 1390. The fourth-order valence-corrected chi connectivity index (χ4v) is 7.50. The molecule has 0 spiro atoms. The fraction of sp³-hybridized carbons (Fsp3) is 0.515. The van der Waals surface area contributed by atoms with Crippen LogP contribution in [-0.2, 0) is 27.7 Å². The van der Waals surface area contributed by atoms with E-state index in [1.165, 1.54) is 11.1 Å². The van der Waals surface area contributed by atoms with Crippen LogP contribution in [0, 0.1) is 23.4 Å². The quantitative estimate of drug-likeness (QED) is 0.333. The third kappa shape index (κ3) is 7.03. The van der Waals surface area contributed by atoms with Gasteiger partial charge in [-0.2, -0.15) is 4.36 Å². The van der Waals surface area contributed by atoms with Crippen LogP contribution in [-0.4, -0.2) is 44.6 Å². The third-order valence-corrected chi connectivity index (χ3v) is 10.2. The van der Waals surface area contributed by atoms with E-state index >= 15 is 0 Å². The molecule has 1 amide bonds. The molecule has 0 saturated heterocycles. The lowest BCUT2D eigenvalue weighted by molar-refractivity contribution is 0.0135. The lowest BCUT2D eigenvalue weighted by atomic mass is 9.70. The lowest BCUT2D eigenvalue weighted by Crippen LogP contribution is -2.44. The normalized spacial score (nSPS) is 28.3. The van der Waals surface area contributed by atoms with Crippen molar-refractivity contribution in [2.45, 2.75) is 58.0 Å². The Labute approximate surface area is 246 Å². The zero-order chi connectivity index (χ0) is 28.1. The summed E-state index contributed by atoms with van der Waals surface area (Å²) in [6.45, 7) is 4.48. The van der Waals surface area contributed by atoms with Crippen molar-refractivity contribution < 1.29 is 14.3 Å². The maximum Gasteiger partial charge on any atom is 0.287 e. The van der Waals surface area contributed by atoms with Gasteiger partial charge >= 0.3 is 0 Å². The van der Waals surface area contributed by atoms with Gasteiger partial charge in [-0.15, -0.1) is 0 Å². The number of hydrogen-bond acceptors (Lipinski definition) is 4. The van der Waals surface area contributed by atoms with E-state index in [4.69, 9.17) is 26.8 Å². The first-order chi connectivity index (χ1) is 19.4. The summed E-state index contributed by atoms with van der Waals surface area (Å²) in [4.78, 5) is 15.7. The van der Waals surface area contributed by atoms with Gasteiger partial charge in [-0.05, 0) is 104 Å². The average Bonchev–Trinajstić information content (AvgIpc) is 2.91. The van der Waals surface area contributed by atoms with E-state index in [0.717, 1.165) is 74.5 Å². The topological polar surface area (TPSA) is 51.1 Å². The van der Waals surface area contributed by atoms with Crippen molar-refractivity contribution in [3.63, 3.8) is 0 Å². The van der Waals surface area contributed by atoms with Gasteiger partial charge in [0, 0.05) is 36.5 Å². The number of benzene rings is 2. The maximum atomic E-state index is 13.3. The van der Waals surface area contributed by atoms with E-state index in [1.54, 1.807) is 0 Å². The zero-order valence-electron chi connectivity index (χ0n) is 23.7. The highest BCUT2D eigenvalue weighted by Gasteiger charge is 2.37. The number of amides is 1. The molecule has 7 heteroatoms. The number of fused-ring (bicyclic) bond motifs is 3. The monoisotopic (exact) mass is 580 g/mol. The van der Waals surface area contributed by atoms with Crippen molar-refractivity contribution in [3.8, 4) is 11.4 Å². The van der Waals surface area contributed by atoms with Crippen LogP contribution in [0.25, 0.3) is 0 Å². The first kappa shape index (κ1) is 29.0. The molecule has 5 nitrogen and oxygen atoms in total. The van der Waals surface area contributed by atoms with Crippen molar-refractivity contribution in [1.29, 1.82) is 0 Å². The molecule has 1 saturated carbocycles. The first-order valence-corrected chi connectivity index (χ1v) is 16.4. The van der Waals surface area contributed by atoms with E-state index in [-0.39, 0.29) is 12.0 Å². The SMILES string of the molecule is C#S1=N\C(=O)c2ccc3c(c2)N(CCc2ccc(Cl)cc2CCCCO3)C[C@@H]2CC[C@H]2[C@@H](OC)/C=C/C[C@H](C)C/1. The number of carbonyl (C=O) groups is 1. The van der Waals surface area contributed by atoms with Gasteiger partial charge in [-0.3, -0.25) is 4.79 Å². The number of carbonyl (C=O) groups excluding carboxylic acids is 1. The zero-order valence-corrected chi connectivity index (χ0v) is 25.3. The Hall–Kier alpha value is -2.50. The Morgan fingerprint density at radius 1 is 1.12 bits per heavy atom. The highest BCUT2D eigenvalue weighted by Crippen LogP contribution is 2.41. The molecular weight excluding hydrogens is 540 g/mol. The number of allylic oxidation sites excluding steroid dienone is 1. The molecule has 2 aromatic rings. The number of halogens is 1. The highest BCUT2D eigenvalue weighted by atomic mass is 35.5. The van der Waals surface area contributed by atoms with Crippen LogP contribution in [0.4, 0.5) is 5.69 Å². The molecule has 2 heterocycles. The van der Waals surface area contributed by atoms with Crippen LogP contribution >= 0.6 is 11.6 Å². The molecule has 3 aliphatic rings. The van der Waals surface area contributed by atoms with Crippen LogP contribution < -0.4 is 9.64 Å². The van der Waals surface area contributed by atoms with Crippen molar-refractivity contribution in [3.05, 3.63) is 70.3 Å².